The molecular formula is C10H13F2N5O. The van der Waals surface area contributed by atoms with Crippen molar-refractivity contribution in [2.24, 2.45) is 27.2 Å². The number of alkyl halides is 2. The first-order valence-electron chi connectivity index (χ1n) is 4.87. The van der Waals surface area contributed by atoms with E-state index in [0.29, 0.717) is 11.3 Å². The molecule has 0 aliphatic carbocycles. The number of hydrogen-bond donors (Lipinski definition) is 3. The van der Waals surface area contributed by atoms with Crippen LogP contribution < -0.4 is 21.9 Å². The lowest BCUT2D eigenvalue weighted by molar-refractivity contribution is -0.0498. The second-order valence-corrected chi connectivity index (χ2v) is 3.33. The fraction of sp³-hybridized carbons (Fsp3) is 0.200. The van der Waals surface area contributed by atoms with E-state index >= 15 is 0 Å². The minimum absolute atomic E-state index is 0.0434. The van der Waals surface area contributed by atoms with Crippen LogP contribution in [0.2, 0.25) is 0 Å². The molecule has 0 spiro atoms. The molecule has 0 heterocycles. The predicted molar refractivity (Wildman–Crippen MR) is 64.9 cm³/mol. The van der Waals surface area contributed by atoms with Crippen LogP contribution in [0, 0.1) is 6.92 Å². The zero-order valence-electron chi connectivity index (χ0n) is 9.60. The van der Waals surface area contributed by atoms with Gasteiger partial charge >= 0.3 is 6.61 Å². The number of aliphatic imine (C=N–C) groups is 2. The molecule has 0 radical (unpaired) electrons. The van der Waals surface area contributed by atoms with E-state index in [4.69, 9.17) is 17.2 Å². The Bertz CT molecular complexity index is 483. The molecule has 0 unspecified atom stereocenters. The van der Waals surface area contributed by atoms with Gasteiger partial charge in [-0.05, 0) is 30.7 Å². The van der Waals surface area contributed by atoms with Crippen molar-refractivity contribution in [2.45, 2.75) is 13.5 Å². The summed E-state index contributed by atoms with van der Waals surface area (Å²) in [6.07, 6.45) is 0. The third-order valence-corrected chi connectivity index (χ3v) is 1.87. The summed E-state index contributed by atoms with van der Waals surface area (Å²) in [6, 6.07) is 4.23. The zero-order chi connectivity index (χ0) is 13.7. The summed E-state index contributed by atoms with van der Waals surface area (Å²) in [7, 11) is 0. The summed E-state index contributed by atoms with van der Waals surface area (Å²) in [5, 5.41) is 0. The van der Waals surface area contributed by atoms with E-state index in [1.807, 2.05) is 0 Å². The van der Waals surface area contributed by atoms with E-state index in [-0.39, 0.29) is 17.7 Å². The summed E-state index contributed by atoms with van der Waals surface area (Å²) in [4.78, 5) is 7.46. The number of nitrogens with zero attached hydrogens (tertiary/aromatic N) is 2. The Morgan fingerprint density at radius 1 is 1.28 bits per heavy atom. The van der Waals surface area contributed by atoms with Gasteiger partial charge in [0.2, 0.25) is 5.96 Å². The number of aryl methyl sites for hydroxylation is 1. The van der Waals surface area contributed by atoms with Crippen molar-refractivity contribution < 1.29 is 13.5 Å². The van der Waals surface area contributed by atoms with Gasteiger partial charge in [0.05, 0.1) is 5.69 Å². The van der Waals surface area contributed by atoms with E-state index in [2.05, 4.69) is 14.7 Å². The Morgan fingerprint density at radius 2 is 1.94 bits per heavy atom. The van der Waals surface area contributed by atoms with Crippen molar-refractivity contribution in [3.8, 4) is 5.75 Å². The van der Waals surface area contributed by atoms with E-state index in [9.17, 15) is 8.78 Å². The maximum atomic E-state index is 12.0. The number of halogens is 2. The molecule has 0 bridgehead atoms. The largest absolute Gasteiger partial charge is 0.435 e. The maximum Gasteiger partial charge on any atom is 0.387 e. The van der Waals surface area contributed by atoms with Gasteiger partial charge in [-0.1, -0.05) is 0 Å². The molecule has 1 aromatic carbocycles. The van der Waals surface area contributed by atoms with E-state index in [1.165, 1.54) is 18.2 Å². The fourth-order valence-electron chi connectivity index (χ4n) is 1.21. The van der Waals surface area contributed by atoms with Gasteiger partial charge in [-0.15, -0.1) is 0 Å². The van der Waals surface area contributed by atoms with Gasteiger partial charge in [0.15, 0.2) is 5.96 Å². The molecule has 6 nitrogen and oxygen atoms in total. The van der Waals surface area contributed by atoms with Gasteiger partial charge in [-0.2, -0.15) is 13.8 Å². The van der Waals surface area contributed by atoms with Crippen molar-refractivity contribution in [2.75, 3.05) is 0 Å². The van der Waals surface area contributed by atoms with Crippen LogP contribution in [-0.2, 0) is 0 Å². The molecule has 1 rings (SSSR count). The van der Waals surface area contributed by atoms with Crippen LogP contribution >= 0.6 is 0 Å². The second kappa shape index (κ2) is 5.80. The van der Waals surface area contributed by atoms with Gasteiger partial charge in [-0.3, -0.25) is 0 Å². The predicted octanol–water partition coefficient (Wildman–Crippen LogP) is 0.816. The summed E-state index contributed by atoms with van der Waals surface area (Å²) in [5.41, 5.74) is 16.8. The van der Waals surface area contributed by atoms with Crippen LogP contribution in [0.3, 0.4) is 0 Å². The number of hydrogen-bond acceptors (Lipinski definition) is 2. The van der Waals surface area contributed by atoms with Gasteiger partial charge in [0.1, 0.15) is 5.75 Å². The maximum absolute atomic E-state index is 12.0. The molecule has 18 heavy (non-hydrogen) atoms. The lowest BCUT2D eigenvalue weighted by Crippen LogP contribution is -2.26. The van der Waals surface area contributed by atoms with Gasteiger partial charge < -0.3 is 21.9 Å². The first-order valence-corrected chi connectivity index (χ1v) is 4.87. The van der Waals surface area contributed by atoms with Gasteiger partial charge in [0.25, 0.3) is 0 Å². The van der Waals surface area contributed by atoms with Gasteiger partial charge in [0, 0.05) is 0 Å². The monoisotopic (exact) mass is 257 g/mol. The minimum Gasteiger partial charge on any atom is -0.435 e. The lowest BCUT2D eigenvalue weighted by Gasteiger charge is -2.06. The number of guanidine groups is 2. The highest BCUT2D eigenvalue weighted by Crippen LogP contribution is 2.24. The number of nitrogens with two attached hydrogens (primary N) is 3. The third kappa shape index (κ3) is 4.24. The van der Waals surface area contributed by atoms with E-state index < -0.39 is 6.61 Å². The molecule has 1 aromatic rings. The molecule has 0 atom stereocenters. The molecule has 8 heteroatoms. The van der Waals surface area contributed by atoms with E-state index in [1.54, 1.807) is 6.92 Å². The lowest BCUT2D eigenvalue weighted by atomic mass is 10.2. The molecule has 0 aliphatic rings. The first kappa shape index (κ1) is 13.7. The molecule has 0 aliphatic heterocycles. The molecular weight excluding hydrogens is 244 g/mol. The standard InChI is InChI=1S/C10H13F2N5O/c1-5-4-6(18-8(11)12)2-3-7(5)16-10(15)17-9(13)14/h2-4,8H,1H3,(H6,13,14,15,16,17). The van der Waals surface area contributed by atoms with E-state index in [0.717, 1.165) is 0 Å². The Kier molecular flexibility index (Phi) is 4.41. The highest BCUT2D eigenvalue weighted by atomic mass is 19.3. The van der Waals surface area contributed by atoms with Crippen LogP contribution in [0.5, 0.6) is 5.75 Å². The Hall–Kier alpha value is -2.38. The van der Waals surface area contributed by atoms with Crippen molar-refractivity contribution in [1.82, 2.24) is 0 Å². The number of benzene rings is 1. The molecule has 0 saturated carbocycles. The topological polar surface area (TPSA) is 112 Å². The summed E-state index contributed by atoms with van der Waals surface area (Å²) >= 11 is 0. The molecule has 0 aromatic heterocycles. The summed E-state index contributed by atoms with van der Waals surface area (Å²) in [6.45, 7) is -1.20. The quantitative estimate of drug-likeness (QED) is 0.549. The van der Waals surface area contributed by atoms with Crippen molar-refractivity contribution in [3.63, 3.8) is 0 Å². The minimum atomic E-state index is -2.87. The third-order valence-electron chi connectivity index (χ3n) is 1.87. The SMILES string of the molecule is Cc1cc(OC(F)F)ccc1N=C(N)N=C(N)N. The van der Waals surface area contributed by atoms with Gasteiger partial charge in [-0.25, -0.2) is 4.99 Å². The van der Waals surface area contributed by atoms with Crippen LogP contribution in [0.25, 0.3) is 0 Å². The molecule has 0 amide bonds. The average Bonchev–Trinajstić information content (AvgIpc) is 2.20. The zero-order valence-corrected chi connectivity index (χ0v) is 9.60. The molecule has 98 valence electrons. The Morgan fingerprint density at radius 3 is 2.44 bits per heavy atom. The molecule has 0 fully saturated rings. The first-order chi connectivity index (χ1) is 8.38. The van der Waals surface area contributed by atoms with Crippen LogP contribution in [-0.4, -0.2) is 18.5 Å². The van der Waals surface area contributed by atoms with Crippen molar-refractivity contribution in [1.29, 1.82) is 0 Å². The second-order valence-electron chi connectivity index (χ2n) is 3.33. The van der Waals surface area contributed by atoms with Crippen LogP contribution in [0.1, 0.15) is 5.56 Å². The fourth-order valence-corrected chi connectivity index (χ4v) is 1.21. The normalized spacial score (nSPS) is 11.4. The average molecular weight is 257 g/mol. The highest BCUT2D eigenvalue weighted by Gasteiger charge is 2.06. The Labute approximate surface area is 102 Å². The van der Waals surface area contributed by atoms with Crippen molar-refractivity contribution >= 4 is 17.6 Å². The van der Waals surface area contributed by atoms with Crippen molar-refractivity contribution in [3.05, 3.63) is 23.8 Å². The summed E-state index contributed by atoms with van der Waals surface area (Å²) < 4.78 is 28.2. The summed E-state index contributed by atoms with van der Waals surface area (Å²) in [5.74, 6) is -0.297. The number of rotatable bonds is 3. The van der Waals surface area contributed by atoms with Crippen LogP contribution in [0.15, 0.2) is 28.2 Å². The van der Waals surface area contributed by atoms with Crippen LogP contribution in [0.4, 0.5) is 14.5 Å². The Balaban J connectivity index is 2.96. The smallest absolute Gasteiger partial charge is 0.387 e. The number of ether oxygens (including phenoxy) is 1. The highest BCUT2D eigenvalue weighted by molar-refractivity contribution is 5.93. The molecule has 6 N–H and O–H groups in total. The molecule has 0 saturated heterocycles.